The number of carbonyl (C=O) groups is 2. The fourth-order valence-corrected chi connectivity index (χ4v) is 2.62. The Bertz CT molecular complexity index is 928. The van der Waals surface area contributed by atoms with Crippen LogP contribution in [-0.2, 0) is 4.79 Å². The summed E-state index contributed by atoms with van der Waals surface area (Å²) in [6.07, 6.45) is 1.63. The smallest absolute Gasteiger partial charge is 0.298 e. The molecule has 1 N–H and O–H groups in total. The van der Waals surface area contributed by atoms with Crippen molar-refractivity contribution in [1.82, 2.24) is 14.8 Å². The largest absolute Gasteiger partial charge is 0.304 e. The number of rotatable bonds is 4. The summed E-state index contributed by atoms with van der Waals surface area (Å²) in [5.41, 5.74) is 3.26. The first-order valence-electron chi connectivity index (χ1n) is 7.87. The molecule has 0 atom stereocenters. The molecule has 0 bridgehead atoms. The minimum Gasteiger partial charge on any atom is -0.304 e. The van der Waals surface area contributed by atoms with Crippen molar-refractivity contribution in [1.29, 1.82) is 0 Å². The van der Waals surface area contributed by atoms with Crippen LogP contribution in [0, 0.1) is 20.8 Å². The number of benzene rings is 1. The number of hydrogen-bond donors (Lipinski definition) is 1. The molecule has 0 fully saturated rings. The first-order valence-corrected chi connectivity index (χ1v) is 7.87. The highest BCUT2D eigenvalue weighted by Crippen LogP contribution is 2.19. The van der Waals surface area contributed by atoms with Crippen LogP contribution in [0.1, 0.15) is 27.3 Å². The van der Waals surface area contributed by atoms with Crippen LogP contribution in [0.2, 0.25) is 0 Å². The van der Waals surface area contributed by atoms with Gasteiger partial charge in [0.1, 0.15) is 5.82 Å². The van der Waals surface area contributed by atoms with Gasteiger partial charge >= 0.3 is 0 Å². The molecule has 25 heavy (non-hydrogen) atoms. The second-order valence-electron chi connectivity index (χ2n) is 5.80. The van der Waals surface area contributed by atoms with Crippen LogP contribution in [0.15, 0.2) is 48.7 Å². The molecule has 0 aliphatic rings. The van der Waals surface area contributed by atoms with E-state index in [1.54, 1.807) is 30.8 Å². The molecule has 126 valence electrons. The number of nitrogens with zero attached hydrogens (tertiary/aromatic N) is 3. The number of carbonyl (C=O) groups excluding carboxylic acids is 2. The Morgan fingerprint density at radius 1 is 1.00 bits per heavy atom. The van der Waals surface area contributed by atoms with Gasteiger partial charge in [-0.2, -0.15) is 5.10 Å². The van der Waals surface area contributed by atoms with Crippen LogP contribution in [-0.4, -0.2) is 26.5 Å². The predicted molar refractivity (Wildman–Crippen MR) is 95.0 cm³/mol. The fraction of sp³-hybridized carbons (Fsp3) is 0.158. The third kappa shape index (κ3) is 3.33. The van der Waals surface area contributed by atoms with E-state index in [-0.39, 0.29) is 0 Å². The van der Waals surface area contributed by atoms with Gasteiger partial charge in [0.2, 0.25) is 0 Å². The number of amides is 1. The van der Waals surface area contributed by atoms with Crippen LogP contribution in [0.5, 0.6) is 0 Å². The number of aryl methyl sites for hydroxylation is 2. The topological polar surface area (TPSA) is 76.9 Å². The number of ketones is 1. The highest BCUT2D eigenvalue weighted by Gasteiger charge is 2.25. The standard InChI is InChI=1S/C19H18N4O2/c1-12-9-10-16(20-11-12)21-19(25)18(24)17-13(2)22-23(14(17)3)15-7-5-4-6-8-15/h4-11H,1-3H3,(H,20,21,25). The van der Waals surface area contributed by atoms with Crippen LogP contribution in [0.4, 0.5) is 5.82 Å². The van der Waals surface area contributed by atoms with Crippen molar-refractivity contribution >= 4 is 17.5 Å². The molecule has 2 aromatic heterocycles. The van der Waals surface area contributed by atoms with E-state index in [0.29, 0.717) is 22.8 Å². The SMILES string of the molecule is Cc1ccc(NC(=O)C(=O)c2c(C)nn(-c3ccccc3)c2C)nc1. The summed E-state index contributed by atoms with van der Waals surface area (Å²) in [5.74, 6) is -1.01. The third-order valence-corrected chi connectivity index (χ3v) is 3.88. The van der Waals surface area contributed by atoms with E-state index in [4.69, 9.17) is 0 Å². The van der Waals surface area contributed by atoms with Gasteiger partial charge in [-0.05, 0) is 44.5 Å². The Morgan fingerprint density at radius 3 is 2.36 bits per heavy atom. The van der Waals surface area contributed by atoms with Crippen molar-refractivity contribution in [2.45, 2.75) is 20.8 Å². The van der Waals surface area contributed by atoms with E-state index in [1.807, 2.05) is 43.3 Å². The van der Waals surface area contributed by atoms with Crippen LogP contribution < -0.4 is 5.32 Å². The first kappa shape index (κ1) is 16.6. The van der Waals surface area contributed by atoms with Gasteiger partial charge < -0.3 is 5.32 Å². The van der Waals surface area contributed by atoms with Crippen LogP contribution in [0.3, 0.4) is 0 Å². The van der Waals surface area contributed by atoms with Crippen molar-refractivity contribution in [2.24, 2.45) is 0 Å². The molecule has 0 saturated carbocycles. The Balaban J connectivity index is 1.88. The molecule has 1 amide bonds. The molecule has 6 heteroatoms. The molecule has 0 aliphatic heterocycles. The van der Waals surface area contributed by atoms with Crippen molar-refractivity contribution in [3.8, 4) is 5.69 Å². The Kier molecular flexibility index (Phi) is 4.43. The van der Waals surface area contributed by atoms with Crippen LogP contribution >= 0.6 is 0 Å². The fourth-order valence-electron chi connectivity index (χ4n) is 2.62. The van der Waals surface area contributed by atoms with E-state index >= 15 is 0 Å². The van der Waals surface area contributed by atoms with Gasteiger partial charge in [0.25, 0.3) is 11.7 Å². The molecule has 3 rings (SSSR count). The monoisotopic (exact) mass is 334 g/mol. The first-order chi connectivity index (χ1) is 12.0. The average molecular weight is 334 g/mol. The van der Waals surface area contributed by atoms with E-state index < -0.39 is 11.7 Å². The highest BCUT2D eigenvalue weighted by molar-refractivity contribution is 6.47. The number of pyridine rings is 1. The van der Waals surface area contributed by atoms with Gasteiger partial charge in [-0.25, -0.2) is 9.67 Å². The lowest BCUT2D eigenvalue weighted by atomic mass is 10.1. The van der Waals surface area contributed by atoms with Gasteiger partial charge in [0, 0.05) is 6.20 Å². The number of Topliss-reactive ketones (excluding diaryl/α,β-unsaturated/α-hetero) is 1. The number of aromatic nitrogens is 3. The van der Waals surface area contributed by atoms with Crippen molar-refractivity contribution in [3.63, 3.8) is 0 Å². The molecular formula is C19H18N4O2. The lowest BCUT2D eigenvalue weighted by Gasteiger charge is -2.06. The normalized spacial score (nSPS) is 10.5. The summed E-state index contributed by atoms with van der Waals surface area (Å²) >= 11 is 0. The summed E-state index contributed by atoms with van der Waals surface area (Å²) in [6.45, 7) is 5.39. The average Bonchev–Trinajstić information content (AvgIpc) is 2.91. The summed E-state index contributed by atoms with van der Waals surface area (Å²) in [5, 5.41) is 6.94. The Hall–Kier alpha value is -3.28. The van der Waals surface area contributed by atoms with Gasteiger partial charge in [-0.3, -0.25) is 9.59 Å². The Labute approximate surface area is 145 Å². The van der Waals surface area contributed by atoms with Gasteiger partial charge in [-0.15, -0.1) is 0 Å². The van der Waals surface area contributed by atoms with E-state index in [9.17, 15) is 9.59 Å². The lowest BCUT2D eigenvalue weighted by molar-refractivity contribution is -0.112. The number of para-hydroxylation sites is 1. The zero-order chi connectivity index (χ0) is 18.0. The minimum atomic E-state index is -0.727. The number of nitrogens with one attached hydrogen (secondary N) is 1. The number of hydrogen-bond acceptors (Lipinski definition) is 4. The molecule has 2 heterocycles. The second-order valence-corrected chi connectivity index (χ2v) is 5.80. The zero-order valence-electron chi connectivity index (χ0n) is 14.3. The quantitative estimate of drug-likeness (QED) is 0.588. The van der Waals surface area contributed by atoms with Gasteiger partial charge in [0.05, 0.1) is 22.6 Å². The molecule has 0 aliphatic carbocycles. The lowest BCUT2D eigenvalue weighted by Crippen LogP contribution is -2.24. The minimum absolute atomic E-state index is 0.313. The van der Waals surface area contributed by atoms with Crippen molar-refractivity contribution in [3.05, 3.63) is 71.2 Å². The molecule has 0 unspecified atom stereocenters. The van der Waals surface area contributed by atoms with E-state index in [1.165, 1.54) is 0 Å². The maximum absolute atomic E-state index is 12.6. The Morgan fingerprint density at radius 2 is 1.72 bits per heavy atom. The van der Waals surface area contributed by atoms with Crippen molar-refractivity contribution in [2.75, 3.05) is 5.32 Å². The summed E-state index contributed by atoms with van der Waals surface area (Å²) < 4.78 is 1.67. The summed E-state index contributed by atoms with van der Waals surface area (Å²) in [6, 6.07) is 13.0. The van der Waals surface area contributed by atoms with Gasteiger partial charge in [0.15, 0.2) is 0 Å². The van der Waals surface area contributed by atoms with E-state index in [0.717, 1.165) is 11.3 Å². The molecule has 1 aromatic carbocycles. The maximum atomic E-state index is 12.6. The highest BCUT2D eigenvalue weighted by atomic mass is 16.2. The molecule has 0 spiro atoms. The summed E-state index contributed by atoms with van der Waals surface area (Å²) in [4.78, 5) is 29.0. The van der Waals surface area contributed by atoms with Crippen molar-refractivity contribution < 1.29 is 9.59 Å². The van der Waals surface area contributed by atoms with E-state index in [2.05, 4.69) is 15.4 Å². The molecule has 0 saturated heterocycles. The van der Waals surface area contributed by atoms with Crippen LogP contribution in [0.25, 0.3) is 5.69 Å². The molecular weight excluding hydrogens is 316 g/mol. The third-order valence-electron chi connectivity index (χ3n) is 3.88. The second kappa shape index (κ2) is 6.68. The zero-order valence-corrected chi connectivity index (χ0v) is 14.3. The number of anilines is 1. The molecule has 0 radical (unpaired) electrons. The predicted octanol–water partition coefficient (Wildman–Crippen LogP) is 3.01. The maximum Gasteiger partial charge on any atom is 0.298 e. The summed E-state index contributed by atoms with van der Waals surface area (Å²) in [7, 11) is 0. The molecule has 6 nitrogen and oxygen atoms in total. The molecule has 3 aromatic rings. The van der Waals surface area contributed by atoms with Gasteiger partial charge in [-0.1, -0.05) is 24.3 Å².